The minimum absolute atomic E-state index is 0.121. The fourth-order valence-corrected chi connectivity index (χ4v) is 5.28. The third-order valence-corrected chi connectivity index (χ3v) is 7.63. The van der Waals surface area contributed by atoms with E-state index in [9.17, 15) is 36.2 Å². The zero-order valence-electron chi connectivity index (χ0n) is 23.5. The van der Waals surface area contributed by atoms with Crippen molar-refractivity contribution in [3.8, 4) is 11.1 Å². The molecule has 0 amide bonds. The van der Waals surface area contributed by atoms with Crippen molar-refractivity contribution in [2.45, 2.75) is 56.9 Å². The Morgan fingerprint density at radius 2 is 1.42 bits per heavy atom. The van der Waals surface area contributed by atoms with Crippen molar-refractivity contribution in [1.29, 1.82) is 0 Å². The van der Waals surface area contributed by atoms with Gasteiger partial charge in [-0.15, -0.1) is 0 Å². The number of pyridine rings is 1. The van der Waals surface area contributed by atoms with Crippen LogP contribution in [0.4, 0.5) is 26.3 Å². The lowest BCUT2D eigenvalue weighted by molar-refractivity contribution is -0.376. The van der Waals surface area contributed by atoms with Crippen LogP contribution in [0.1, 0.15) is 36.5 Å². The topological polar surface area (TPSA) is 65.9 Å². The first-order valence-corrected chi connectivity index (χ1v) is 13.9. The molecule has 0 unspecified atom stereocenters. The summed E-state index contributed by atoms with van der Waals surface area (Å²) in [5.74, 6) is -0.228. The van der Waals surface area contributed by atoms with E-state index in [0.29, 0.717) is 49.3 Å². The number of carbonyl (C=O) groups is 1. The van der Waals surface area contributed by atoms with Crippen molar-refractivity contribution < 1.29 is 41.0 Å². The predicted molar refractivity (Wildman–Crippen MR) is 147 cm³/mol. The van der Waals surface area contributed by atoms with Gasteiger partial charge in [-0.3, -0.25) is 19.6 Å². The maximum absolute atomic E-state index is 13.2. The Kier molecular flexibility index (Phi) is 10.1. The molecule has 4 rings (SSSR count). The monoisotopic (exact) mass is 609 g/mol. The summed E-state index contributed by atoms with van der Waals surface area (Å²) in [6.07, 6.45) is -7.40. The molecule has 232 valence electrons. The maximum atomic E-state index is 13.2. The molecule has 1 aliphatic heterocycles. The number of aromatic nitrogens is 1. The van der Waals surface area contributed by atoms with E-state index in [0.717, 1.165) is 49.4 Å². The number of hydrogen-bond donors (Lipinski definition) is 1. The molecule has 0 spiro atoms. The molecular formula is C31H33F6N3O3. The first kappa shape index (κ1) is 32.4. The van der Waals surface area contributed by atoms with E-state index >= 15 is 0 Å². The minimum Gasteiger partial charge on any atom is -0.466 e. The number of esters is 1. The summed E-state index contributed by atoms with van der Waals surface area (Å²) >= 11 is 0. The Morgan fingerprint density at radius 3 is 1.98 bits per heavy atom. The van der Waals surface area contributed by atoms with Gasteiger partial charge in [0.05, 0.1) is 6.61 Å². The van der Waals surface area contributed by atoms with Crippen LogP contribution in [0.5, 0.6) is 0 Å². The first-order chi connectivity index (χ1) is 20.3. The first-order valence-electron chi connectivity index (χ1n) is 13.9. The van der Waals surface area contributed by atoms with Crippen molar-refractivity contribution in [2.75, 3.05) is 26.2 Å². The van der Waals surface area contributed by atoms with Gasteiger partial charge in [-0.25, -0.2) is 0 Å². The summed E-state index contributed by atoms with van der Waals surface area (Å²) in [5, 5.41) is 9.62. The second-order valence-corrected chi connectivity index (χ2v) is 10.5. The lowest BCUT2D eigenvalue weighted by Gasteiger charge is -2.41. The Morgan fingerprint density at radius 1 is 0.860 bits per heavy atom. The van der Waals surface area contributed by atoms with E-state index < -0.39 is 23.5 Å². The summed E-state index contributed by atoms with van der Waals surface area (Å²) in [5.41, 5.74) is -3.13. The summed E-state index contributed by atoms with van der Waals surface area (Å²) in [7, 11) is 0. The summed E-state index contributed by atoms with van der Waals surface area (Å²) in [6, 6.07) is 14.8. The van der Waals surface area contributed by atoms with Crippen molar-refractivity contribution >= 4 is 5.97 Å². The number of hydrogen-bond acceptors (Lipinski definition) is 6. The third-order valence-electron chi connectivity index (χ3n) is 7.63. The molecule has 0 aliphatic carbocycles. The SMILES string of the molecule is CCOC(=O)CC[C@H]1CN(Cc2ccc(-c3ccc(C(O)(C(F)(F)F)C(F)(F)F)cc3)cc2)CCN1Cc1ccncc1. The van der Waals surface area contributed by atoms with Crippen molar-refractivity contribution in [1.82, 2.24) is 14.8 Å². The number of rotatable bonds is 10. The summed E-state index contributed by atoms with van der Waals surface area (Å²) in [4.78, 5) is 20.8. The standard InChI is InChI=1S/C31H33F6N3O3/c1-2-43-28(41)12-11-27-21-39(17-18-40(27)20-23-13-15-38-16-14-23)19-22-3-5-24(6-4-22)25-7-9-26(10-8-25)29(42,30(32,33)34)31(35,36)37/h3-10,13-16,27,42H,2,11-12,17-21H2,1H3/t27-/m0/s1. The molecule has 0 radical (unpaired) electrons. The van der Waals surface area contributed by atoms with Gasteiger partial charge in [0.15, 0.2) is 0 Å². The zero-order chi connectivity index (χ0) is 31.3. The molecule has 12 heteroatoms. The summed E-state index contributed by atoms with van der Waals surface area (Å²) in [6.45, 7) is 5.80. The minimum atomic E-state index is -5.93. The molecule has 0 bridgehead atoms. The van der Waals surface area contributed by atoms with Gasteiger partial charge in [0, 0.05) is 63.1 Å². The van der Waals surface area contributed by atoms with Crippen molar-refractivity contribution in [2.24, 2.45) is 0 Å². The van der Waals surface area contributed by atoms with Crippen LogP contribution in [-0.2, 0) is 28.2 Å². The van der Waals surface area contributed by atoms with Gasteiger partial charge >= 0.3 is 18.3 Å². The Bertz CT molecular complexity index is 1320. The molecular weight excluding hydrogens is 576 g/mol. The fourth-order valence-electron chi connectivity index (χ4n) is 5.28. The molecule has 43 heavy (non-hydrogen) atoms. The molecule has 6 nitrogen and oxygen atoms in total. The van der Waals surface area contributed by atoms with Crippen molar-refractivity contribution in [3.05, 3.63) is 89.7 Å². The van der Waals surface area contributed by atoms with Crippen LogP contribution in [0.2, 0.25) is 0 Å². The number of alkyl halides is 6. The number of benzene rings is 2. The van der Waals surface area contributed by atoms with E-state index in [1.165, 1.54) is 0 Å². The number of halogens is 6. The molecule has 1 N–H and O–H groups in total. The van der Waals surface area contributed by atoms with Crippen LogP contribution >= 0.6 is 0 Å². The molecule has 3 aromatic rings. The number of aliphatic hydroxyl groups is 1. The van der Waals surface area contributed by atoms with Crippen LogP contribution in [-0.4, -0.2) is 70.5 Å². The molecule has 1 fully saturated rings. The average Bonchev–Trinajstić information content (AvgIpc) is 2.97. The number of ether oxygens (including phenoxy) is 1. The van der Waals surface area contributed by atoms with E-state index in [4.69, 9.17) is 4.74 Å². The smallest absolute Gasteiger partial charge is 0.430 e. The van der Waals surface area contributed by atoms with E-state index in [2.05, 4.69) is 14.8 Å². The molecule has 2 aromatic carbocycles. The number of carbonyl (C=O) groups excluding carboxylic acids is 1. The van der Waals surface area contributed by atoms with Gasteiger partial charge in [-0.1, -0.05) is 48.5 Å². The highest BCUT2D eigenvalue weighted by molar-refractivity contribution is 5.69. The molecule has 1 aliphatic rings. The highest BCUT2D eigenvalue weighted by Gasteiger charge is 2.71. The van der Waals surface area contributed by atoms with Gasteiger partial charge in [0.1, 0.15) is 0 Å². The van der Waals surface area contributed by atoms with Gasteiger partial charge in [-0.05, 0) is 47.7 Å². The largest absolute Gasteiger partial charge is 0.466 e. The van der Waals surface area contributed by atoms with Crippen LogP contribution in [0.25, 0.3) is 11.1 Å². The average molecular weight is 610 g/mol. The summed E-state index contributed by atoms with van der Waals surface area (Å²) < 4.78 is 84.3. The number of nitrogens with zero attached hydrogens (tertiary/aromatic N) is 3. The van der Waals surface area contributed by atoms with E-state index in [-0.39, 0.29) is 12.0 Å². The normalized spacial score (nSPS) is 17.2. The van der Waals surface area contributed by atoms with Crippen LogP contribution < -0.4 is 0 Å². The van der Waals surface area contributed by atoms with Gasteiger partial charge in [0.25, 0.3) is 5.60 Å². The van der Waals surface area contributed by atoms with Crippen LogP contribution in [0.15, 0.2) is 73.1 Å². The van der Waals surface area contributed by atoms with Gasteiger partial charge in [-0.2, -0.15) is 26.3 Å². The Labute approximate surface area is 245 Å². The quantitative estimate of drug-likeness (QED) is 0.222. The molecule has 1 atom stereocenters. The maximum Gasteiger partial charge on any atom is 0.430 e. The number of piperazine rings is 1. The predicted octanol–water partition coefficient (Wildman–Crippen LogP) is 6.09. The molecule has 0 saturated carbocycles. The lowest BCUT2D eigenvalue weighted by atomic mass is 9.90. The van der Waals surface area contributed by atoms with Crippen LogP contribution in [0.3, 0.4) is 0 Å². The molecule has 1 saturated heterocycles. The second kappa shape index (κ2) is 13.4. The zero-order valence-corrected chi connectivity index (χ0v) is 23.5. The molecule has 2 heterocycles. The lowest BCUT2D eigenvalue weighted by Crippen LogP contribution is -2.53. The molecule has 1 aromatic heterocycles. The Balaban J connectivity index is 1.42. The van der Waals surface area contributed by atoms with Crippen LogP contribution in [0, 0.1) is 0 Å². The van der Waals surface area contributed by atoms with Gasteiger partial charge in [0.2, 0.25) is 0 Å². The van der Waals surface area contributed by atoms with Crippen molar-refractivity contribution in [3.63, 3.8) is 0 Å². The Hall–Kier alpha value is -3.48. The third kappa shape index (κ3) is 7.73. The fraction of sp³-hybridized carbons (Fsp3) is 0.419. The van der Waals surface area contributed by atoms with E-state index in [1.807, 2.05) is 24.3 Å². The highest BCUT2D eigenvalue weighted by atomic mass is 19.4. The van der Waals surface area contributed by atoms with E-state index in [1.54, 1.807) is 31.5 Å². The highest BCUT2D eigenvalue weighted by Crippen LogP contribution is 2.50. The second-order valence-electron chi connectivity index (χ2n) is 10.5. The van der Waals surface area contributed by atoms with Gasteiger partial charge < -0.3 is 9.84 Å².